The van der Waals surface area contributed by atoms with Gasteiger partial charge in [0, 0.05) is 37.5 Å². The molecule has 1 aromatic rings. The first kappa shape index (κ1) is 13.5. The van der Waals surface area contributed by atoms with Crippen LogP contribution in [0, 0.1) is 0 Å². The van der Waals surface area contributed by atoms with E-state index in [0.717, 1.165) is 19.3 Å². The maximum absolute atomic E-state index is 12.4. The highest BCUT2D eigenvalue weighted by atomic mass is 16.2. The Kier molecular flexibility index (Phi) is 4.14. The van der Waals surface area contributed by atoms with Gasteiger partial charge in [-0.05, 0) is 26.2 Å². The van der Waals surface area contributed by atoms with Crippen LogP contribution in [0.2, 0.25) is 0 Å². The summed E-state index contributed by atoms with van der Waals surface area (Å²) in [6.07, 6.45) is 6.08. The molecule has 1 fully saturated rings. The van der Waals surface area contributed by atoms with Crippen LogP contribution >= 0.6 is 0 Å². The molecular formula is C14H18N2O3. The molecule has 1 amide bonds. The van der Waals surface area contributed by atoms with Crippen LogP contribution in [-0.4, -0.2) is 34.2 Å². The largest absolute Gasteiger partial charge is 0.367 e. The second kappa shape index (κ2) is 5.82. The number of carbonyl (C=O) groups excluding carboxylic acids is 2. The third-order valence-corrected chi connectivity index (χ3v) is 3.47. The van der Waals surface area contributed by atoms with Gasteiger partial charge in [-0.2, -0.15) is 0 Å². The van der Waals surface area contributed by atoms with E-state index < -0.39 is 0 Å². The van der Waals surface area contributed by atoms with Gasteiger partial charge < -0.3 is 9.88 Å². The molecule has 0 aromatic carbocycles. The summed E-state index contributed by atoms with van der Waals surface area (Å²) >= 11 is 0. The Labute approximate surface area is 111 Å². The third-order valence-electron chi connectivity index (χ3n) is 3.47. The van der Waals surface area contributed by atoms with Gasteiger partial charge in [-0.3, -0.25) is 14.4 Å². The van der Waals surface area contributed by atoms with Crippen molar-refractivity contribution in [1.82, 2.24) is 9.88 Å². The van der Waals surface area contributed by atoms with Gasteiger partial charge in [0.25, 0.3) is 5.91 Å². The number of nitrogens with zero attached hydrogens (tertiary/aromatic N) is 1. The summed E-state index contributed by atoms with van der Waals surface area (Å²) in [6.45, 7) is 2.15. The van der Waals surface area contributed by atoms with Crippen molar-refractivity contribution in [3.8, 4) is 0 Å². The zero-order valence-corrected chi connectivity index (χ0v) is 11.0. The van der Waals surface area contributed by atoms with E-state index >= 15 is 0 Å². The van der Waals surface area contributed by atoms with Gasteiger partial charge in [0.2, 0.25) is 0 Å². The van der Waals surface area contributed by atoms with Crippen LogP contribution in [0.15, 0.2) is 23.3 Å². The number of Topliss-reactive ketones (excluding diaryl/α,β-unsaturated/α-hetero) is 1. The summed E-state index contributed by atoms with van der Waals surface area (Å²) in [6, 6.07) is 1.27. The number of aromatic nitrogens is 1. The Morgan fingerprint density at radius 2 is 2.21 bits per heavy atom. The third kappa shape index (κ3) is 3.10. The first-order valence-electron chi connectivity index (χ1n) is 6.57. The van der Waals surface area contributed by atoms with E-state index in [1.54, 1.807) is 4.90 Å². The lowest BCUT2D eigenvalue weighted by molar-refractivity contribution is -0.118. The molecule has 0 bridgehead atoms. The summed E-state index contributed by atoms with van der Waals surface area (Å²) in [7, 11) is 0. The minimum absolute atomic E-state index is 0.0710. The van der Waals surface area contributed by atoms with E-state index in [-0.39, 0.29) is 28.7 Å². The van der Waals surface area contributed by atoms with Crippen molar-refractivity contribution in [2.24, 2.45) is 0 Å². The molecule has 1 aromatic heterocycles. The van der Waals surface area contributed by atoms with E-state index in [0.29, 0.717) is 13.0 Å². The van der Waals surface area contributed by atoms with Crippen LogP contribution in [0.25, 0.3) is 0 Å². The number of H-pyrrole nitrogens is 1. The lowest BCUT2D eigenvalue weighted by Crippen LogP contribution is -2.45. The maximum atomic E-state index is 12.4. The summed E-state index contributed by atoms with van der Waals surface area (Å²) < 4.78 is 0. The molecule has 0 spiro atoms. The first-order chi connectivity index (χ1) is 9.09. The van der Waals surface area contributed by atoms with Crippen LogP contribution in [0.4, 0.5) is 0 Å². The zero-order chi connectivity index (χ0) is 13.8. The van der Waals surface area contributed by atoms with Gasteiger partial charge in [0.05, 0.1) is 0 Å². The van der Waals surface area contributed by atoms with Gasteiger partial charge in [0.1, 0.15) is 11.3 Å². The molecule has 1 atom stereocenters. The Morgan fingerprint density at radius 3 is 2.89 bits per heavy atom. The Bertz CT molecular complexity index is 535. The molecular weight excluding hydrogens is 244 g/mol. The van der Waals surface area contributed by atoms with E-state index in [1.165, 1.54) is 25.4 Å². The summed E-state index contributed by atoms with van der Waals surface area (Å²) in [5.41, 5.74) is -0.131. The number of rotatable bonds is 3. The van der Waals surface area contributed by atoms with Gasteiger partial charge in [-0.15, -0.1) is 0 Å². The van der Waals surface area contributed by atoms with Crippen molar-refractivity contribution in [1.29, 1.82) is 0 Å². The lowest BCUT2D eigenvalue weighted by atomic mass is 9.97. The number of nitrogens with one attached hydrogen (secondary N) is 1. The van der Waals surface area contributed by atoms with Gasteiger partial charge >= 0.3 is 0 Å². The van der Waals surface area contributed by atoms with Crippen molar-refractivity contribution in [2.75, 3.05) is 6.54 Å². The molecule has 2 rings (SSSR count). The molecule has 1 unspecified atom stereocenters. The Morgan fingerprint density at radius 1 is 1.42 bits per heavy atom. The van der Waals surface area contributed by atoms with Gasteiger partial charge in [0.15, 0.2) is 5.43 Å². The van der Waals surface area contributed by atoms with Gasteiger partial charge in [-0.1, -0.05) is 0 Å². The highest BCUT2D eigenvalue weighted by Crippen LogP contribution is 2.21. The van der Waals surface area contributed by atoms with Crippen LogP contribution in [-0.2, 0) is 4.79 Å². The molecule has 1 aliphatic heterocycles. The van der Waals surface area contributed by atoms with E-state index in [1.807, 2.05) is 0 Å². The normalized spacial score (nSPS) is 19.2. The molecule has 2 heterocycles. The predicted octanol–water partition coefficient (Wildman–Crippen LogP) is 1.35. The topological polar surface area (TPSA) is 70.2 Å². The lowest BCUT2D eigenvalue weighted by Gasteiger charge is -2.35. The number of amides is 1. The molecule has 19 heavy (non-hydrogen) atoms. The van der Waals surface area contributed by atoms with Crippen molar-refractivity contribution in [2.45, 2.75) is 38.6 Å². The van der Waals surface area contributed by atoms with Crippen LogP contribution in [0.5, 0.6) is 0 Å². The van der Waals surface area contributed by atoms with Crippen molar-refractivity contribution in [3.05, 3.63) is 34.2 Å². The second-order valence-electron chi connectivity index (χ2n) is 4.98. The number of hydrogen-bond acceptors (Lipinski definition) is 3. The molecule has 1 aliphatic rings. The van der Waals surface area contributed by atoms with Crippen molar-refractivity contribution < 1.29 is 9.59 Å². The van der Waals surface area contributed by atoms with Crippen LogP contribution in [0.3, 0.4) is 0 Å². The van der Waals surface area contributed by atoms with Gasteiger partial charge in [-0.25, -0.2) is 0 Å². The molecule has 5 heteroatoms. The minimum Gasteiger partial charge on any atom is -0.367 e. The monoisotopic (exact) mass is 262 g/mol. The molecule has 1 N–H and O–H groups in total. The minimum atomic E-state index is -0.282. The Balaban J connectivity index is 2.23. The number of ketones is 1. The molecule has 0 saturated carbocycles. The molecule has 1 saturated heterocycles. The fourth-order valence-corrected chi connectivity index (χ4v) is 2.55. The van der Waals surface area contributed by atoms with Crippen LogP contribution in [0.1, 0.15) is 43.0 Å². The number of likely N-dealkylation sites (tertiary alicyclic amines) is 1. The molecule has 5 nitrogen and oxygen atoms in total. The second-order valence-corrected chi connectivity index (χ2v) is 4.98. The van der Waals surface area contributed by atoms with E-state index in [4.69, 9.17) is 0 Å². The number of pyridine rings is 1. The summed E-state index contributed by atoms with van der Waals surface area (Å²) in [5.74, 6) is -0.195. The number of hydrogen-bond donors (Lipinski definition) is 1. The first-order valence-corrected chi connectivity index (χ1v) is 6.57. The molecule has 102 valence electrons. The quantitative estimate of drug-likeness (QED) is 0.893. The maximum Gasteiger partial charge on any atom is 0.259 e. The number of aromatic amines is 1. The SMILES string of the molecule is CC(=O)CC1CCCCN1C(=O)c1c[nH]ccc1=O. The fraction of sp³-hybridized carbons (Fsp3) is 0.500. The van der Waals surface area contributed by atoms with Crippen LogP contribution < -0.4 is 5.43 Å². The van der Waals surface area contributed by atoms with Crippen molar-refractivity contribution >= 4 is 11.7 Å². The smallest absolute Gasteiger partial charge is 0.259 e. The molecule has 0 aliphatic carbocycles. The summed E-state index contributed by atoms with van der Waals surface area (Å²) in [4.78, 5) is 39.8. The number of carbonyl (C=O) groups is 2. The van der Waals surface area contributed by atoms with Crippen molar-refractivity contribution in [3.63, 3.8) is 0 Å². The number of piperidine rings is 1. The average Bonchev–Trinajstić information content (AvgIpc) is 2.38. The molecule has 0 radical (unpaired) electrons. The Hall–Kier alpha value is -1.91. The summed E-state index contributed by atoms with van der Waals surface area (Å²) in [5, 5.41) is 0. The van der Waals surface area contributed by atoms with E-state index in [9.17, 15) is 14.4 Å². The standard InChI is InChI=1S/C14H18N2O3/c1-10(17)8-11-4-2-3-7-16(11)14(19)12-9-15-6-5-13(12)18/h5-6,9,11H,2-4,7-8H2,1H3,(H,15,18). The highest BCUT2D eigenvalue weighted by Gasteiger charge is 2.29. The fourth-order valence-electron chi connectivity index (χ4n) is 2.55. The predicted molar refractivity (Wildman–Crippen MR) is 71.0 cm³/mol. The highest BCUT2D eigenvalue weighted by molar-refractivity contribution is 5.94. The zero-order valence-electron chi connectivity index (χ0n) is 11.0. The average molecular weight is 262 g/mol. The van der Waals surface area contributed by atoms with E-state index in [2.05, 4.69) is 4.98 Å².